The second-order valence-corrected chi connectivity index (χ2v) is 2.11. The van der Waals surface area contributed by atoms with Crippen LogP contribution < -0.4 is 14.9 Å². The second-order valence-electron chi connectivity index (χ2n) is 2.11. The fourth-order valence-electron chi connectivity index (χ4n) is 0.913. The summed E-state index contributed by atoms with van der Waals surface area (Å²) < 4.78 is 10.2. The van der Waals surface area contributed by atoms with Crippen LogP contribution in [0.2, 0.25) is 0 Å². The lowest BCUT2D eigenvalue weighted by atomic mass is 9.96. The molecule has 1 aliphatic heterocycles. The van der Waals surface area contributed by atoms with Crippen molar-refractivity contribution in [2.24, 2.45) is 0 Å². The Labute approximate surface area is 60.2 Å². The van der Waals surface area contributed by atoms with E-state index in [0.717, 1.165) is 11.5 Å². The molecule has 0 saturated carbocycles. The maximum atomic E-state index is 5.50. The highest BCUT2D eigenvalue weighted by atomic mass is 16.7. The van der Waals surface area contributed by atoms with Gasteiger partial charge in [-0.25, -0.2) is 0 Å². The van der Waals surface area contributed by atoms with Gasteiger partial charge in [-0.2, -0.15) is 0 Å². The van der Waals surface area contributed by atoms with Gasteiger partial charge in [0.15, 0.2) is 11.5 Å². The molecule has 2 radical (unpaired) electrons. The van der Waals surface area contributed by atoms with Crippen LogP contribution in [0.5, 0.6) is 11.5 Å². The average molecular weight is 132 g/mol. The van der Waals surface area contributed by atoms with Crippen LogP contribution in [0.1, 0.15) is 0 Å². The van der Waals surface area contributed by atoms with Crippen LogP contribution in [0.3, 0.4) is 0 Å². The van der Waals surface area contributed by atoms with Crippen molar-refractivity contribution in [2.45, 2.75) is 0 Å². The van der Waals surface area contributed by atoms with Gasteiger partial charge in [0.2, 0.25) is 6.79 Å². The Morgan fingerprint density at radius 1 is 1.20 bits per heavy atom. The molecule has 0 aromatic heterocycles. The number of fused-ring (bicyclic) bond motifs is 1. The molecule has 0 aliphatic carbocycles. The molecule has 3 heteroatoms. The lowest BCUT2D eigenvalue weighted by Crippen LogP contribution is -1.99. The first-order chi connectivity index (χ1) is 4.86. The minimum atomic E-state index is 0.304. The van der Waals surface area contributed by atoms with Gasteiger partial charge in [0.1, 0.15) is 7.85 Å². The molecule has 0 spiro atoms. The average Bonchev–Trinajstić information content (AvgIpc) is 2.33. The van der Waals surface area contributed by atoms with E-state index in [9.17, 15) is 0 Å². The third kappa shape index (κ3) is 0.745. The van der Waals surface area contributed by atoms with Gasteiger partial charge in [-0.15, -0.1) is 0 Å². The molecule has 0 N–H and O–H groups in total. The van der Waals surface area contributed by atoms with Crippen molar-refractivity contribution in [1.82, 2.24) is 0 Å². The molecule has 0 atom stereocenters. The smallest absolute Gasteiger partial charge is 0.231 e. The fraction of sp³-hybridized carbons (Fsp3) is 0.143. The molecule has 2 rings (SSSR count). The van der Waals surface area contributed by atoms with Gasteiger partial charge >= 0.3 is 0 Å². The van der Waals surface area contributed by atoms with Crippen molar-refractivity contribution in [3.05, 3.63) is 18.2 Å². The van der Waals surface area contributed by atoms with Crippen LogP contribution >= 0.6 is 0 Å². The molecule has 0 saturated heterocycles. The van der Waals surface area contributed by atoms with E-state index < -0.39 is 0 Å². The largest absolute Gasteiger partial charge is 0.454 e. The molecule has 0 fully saturated rings. The zero-order chi connectivity index (χ0) is 6.97. The van der Waals surface area contributed by atoms with Crippen LogP contribution in [0.25, 0.3) is 0 Å². The number of hydrogen-bond donors (Lipinski definition) is 0. The Morgan fingerprint density at radius 2 is 2.00 bits per heavy atom. The molecule has 1 heterocycles. The van der Waals surface area contributed by atoms with E-state index in [1.54, 1.807) is 18.2 Å². The predicted octanol–water partition coefficient (Wildman–Crippen LogP) is 0.209. The molecule has 10 heavy (non-hydrogen) atoms. The topological polar surface area (TPSA) is 18.5 Å². The van der Waals surface area contributed by atoms with Crippen molar-refractivity contribution in [2.75, 3.05) is 6.79 Å². The summed E-state index contributed by atoms with van der Waals surface area (Å²) in [5.74, 6) is 1.51. The van der Waals surface area contributed by atoms with Crippen molar-refractivity contribution >= 4 is 13.3 Å². The summed E-state index contributed by atoms with van der Waals surface area (Å²) in [6, 6.07) is 5.34. The van der Waals surface area contributed by atoms with Gasteiger partial charge in [0.25, 0.3) is 0 Å². The van der Waals surface area contributed by atoms with E-state index in [-0.39, 0.29) is 0 Å². The zero-order valence-electron chi connectivity index (χ0n) is 5.33. The Bertz CT molecular complexity index is 260. The number of ether oxygens (including phenoxy) is 2. The molecule has 0 amide bonds. The lowest BCUT2D eigenvalue weighted by molar-refractivity contribution is 0.174. The van der Waals surface area contributed by atoms with E-state index in [4.69, 9.17) is 17.3 Å². The monoisotopic (exact) mass is 132 g/mol. The quantitative estimate of drug-likeness (QED) is 0.469. The Kier molecular flexibility index (Phi) is 1.10. The normalized spacial score (nSPS) is 13.6. The molecular weight excluding hydrogens is 127 g/mol. The van der Waals surface area contributed by atoms with Crippen LogP contribution in [0, 0.1) is 0 Å². The summed E-state index contributed by atoms with van der Waals surface area (Å²) in [5.41, 5.74) is 0.698. The molecule has 1 aliphatic rings. The fourth-order valence-corrected chi connectivity index (χ4v) is 0.913. The highest BCUT2D eigenvalue weighted by molar-refractivity contribution is 6.32. The molecular formula is C7H5BO2. The van der Waals surface area contributed by atoms with Crippen LogP contribution in [0.15, 0.2) is 18.2 Å². The van der Waals surface area contributed by atoms with Gasteiger partial charge in [0, 0.05) is 0 Å². The summed E-state index contributed by atoms with van der Waals surface area (Å²) in [7, 11) is 5.50. The highest BCUT2D eigenvalue weighted by Crippen LogP contribution is 2.29. The number of rotatable bonds is 0. The van der Waals surface area contributed by atoms with E-state index >= 15 is 0 Å². The first-order valence-electron chi connectivity index (χ1n) is 3.01. The minimum Gasteiger partial charge on any atom is -0.454 e. The third-order valence-corrected chi connectivity index (χ3v) is 1.40. The van der Waals surface area contributed by atoms with E-state index in [2.05, 4.69) is 0 Å². The summed E-state index contributed by atoms with van der Waals surface area (Å²) >= 11 is 0. The Morgan fingerprint density at radius 3 is 2.90 bits per heavy atom. The van der Waals surface area contributed by atoms with Gasteiger partial charge in [-0.3, -0.25) is 0 Å². The molecule has 0 unspecified atom stereocenters. The summed E-state index contributed by atoms with van der Waals surface area (Å²) in [6.07, 6.45) is 0. The van der Waals surface area contributed by atoms with Gasteiger partial charge in [-0.05, 0) is 12.1 Å². The van der Waals surface area contributed by atoms with E-state index in [1.807, 2.05) is 0 Å². The Balaban J connectivity index is 2.52. The number of benzene rings is 1. The lowest BCUT2D eigenvalue weighted by Gasteiger charge is -1.95. The van der Waals surface area contributed by atoms with Crippen molar-refractivity contribution < 1.29 is 9.47 Å². The third-order valence-electron chi connectivity index (χ3n) is 1.40. The van der Waals surface area contributed by atoms with Gasteiger partial charge in [0.05, 0.1) is 0 Å². The highest BCUT2D eigenvalue weighted by Gasteiger charge is 2.10. The number of hydrogen-bond acceptors (Lipinski definition) is 2. The maximum absolute atomic E-state index is 5.50. The van der Waals surface area contributed by atoms with Crippen LogP contribution in [-0.2, 0) is 0 Å². The van der Waals surface area contributed by atoms with Crippen LogP contribution in [0.4, 0.5) is 0 Å². The van der Waals surface area contributed by atoms with Crippen LogP contribution in [-0.4, -0.2) is 14.6 Å². The summed E-state index contributed by atoms with van der Waals surface area (Å²) in [6.45, 7) is 0.304. The first kappa shape index (κ1) is 5.65. The summed E-state index contributed by atoms with van der Waals surface area (Å²) in [4.78, 5) is 0. The van der Waals surface area contributed by atoms with E-state index in [1.165, 1.54) is 0 Å². The Hall–Kier alpha value is -1.12. The molecule has 2 nitrogen and oxygen atoms in total. The molecule has 1 aromatic rings. The van der Waals surface area contributed by atoms with Gasteiger partial charge in [-0.1, -0.05) is 11.5 Å². The molecule has 0 bridgehead atoms. The molecule has 1 aromatic carbocycles. The maximum Gasteiger partial charge on any atom is 0.231 e. The van der Waals surface area contributed by atoms with Gasteiger partial charge < -0.3 is 9.47 Å². The minimum absolute atomic E-state index is 0.304. The predicted molar refractivity (Wildman–Crippen MR) is 38.0 cm³/mol. The van der Waals surface area contributed by atoms with Crippen molar-refractivity contribution in [3.8, 4) is 11.5 Å². The zero-order valence-corrected chi connectivity index (χ0v) is 5.33. The van der Waals surface area contributed by atoms with E-state index in [0.29, 0.717) is 12.3 Å². The summed E-state index contributed by atoms with van der Waals surface area (Å²) in [5, 5.41) is 0. The van der Waals surface area contributed by atoms with Crippen molar-refractivity contribution in [3.63, 3.8) is 0 Å². The first-order valence-corrected chi connectivity index (χ1v) is 3.01. The SMILES string of the molecule is [B]c1ccc2c(c1)OCO2. The second kappa shape index (κ2) is 1.94. The molecule has 48 valence electrons. The standard InChI is InChI=1S/C7H5BO2/c8-5-1-2-6-7(3-5)10-4-9-6/h1-3H,4H2. The van der Waals surface area contributed by atoms with Crippen molar-refractivity contribution in [1.29, 1.82) is 0 Å².